The Morgan fingerprint density at radius 1 is 1.30 bits per heavy atom. The van der Waals surface area contributed by atoms with Gasteiger partial charge >= 0.3 is 0 Å². The molecule has 0 aromatic heterocycles. The Morgan fingerprint density at radius 3 is 2.55 bits per heavy atom. The Bertz CT molecular complexity index is 569. The highest BCUT2D eigenvalue weighted by Crippen LogP contribution is 2.18. The van der Waals surface area contributed by atoms with Crippen LogP contribution >= 0.6 is 0 Å². The molecule has 0 aliphatic rings. The summed E-state index contributed by atoms with van der Waals surface area (Å²) < 4.78 is 4.85. The van der Waals surface area contributed by atoms with Gasteiger partial charge in [0.05, 0.1) is 6.61 Å². The van der Waals surface area contributed by atoms with E-state index in [2.05, 4.69) is 11.4 Å². The van der Waals surface area contributed by atoms with E-state index in [4.69, 9.17) is 10.00 Å². The van der Waals surface area contributed by atoms with E-state index in [9.17, 15) is 4.79 Å². The van der Waals surface area contributed by atoms with E-state index >= 15 is 0 Å². The SMILES string of the molecule is COCCNC(=O)/C(C#N)=C/c1cc(C)c(C)cc1C. The lowest BCUT2D eigenvalue weighted by Crippen LogP contribution is -2.27. The second-order valence-corrected chi connectivity index (χ2v) is 4.71. The van der Waals surface area contributed by atoms with Crippen molar-refractivity contribution < 1.29 is 9.53 Å². The maximum Gasteiger partial charge on any atom is 0.262 e. The Hall–Kier alpha value is -2.12. The van der Waals surface area contributed by atoms with Crippen molar-refractivity contribution in [3.05, 3.63) is 40.0 Å². The highest BCUT2D eigenvalue weighted by Gasteiger charge is 2.09. The van der Waals surface area contributed by atoms with Crippen LogP contribution in [0.4, 0.5) is 0 Å². The fourth-order valence-electron chi connectivity index (χ4n) is 1.80. The third-order valence-electron chi connectivity index (χ3n) is 3.14. The normalized spacial score (nSPS) is 11.1. The number of hydrogen-bond acceptors (Lipinski definition) is 3. The van der Waals surface area contributed by atoms with Crippen molar-refractivity contribution in [2.75, 3.05) is 20.3 Å². The monoisotopic (exact) mass is 272 g/mol. The summed E-state index contributed by atoms with van der Waals surface area (Å²) >= 11 is 0. The summed E-state index contributed by atoms with van der Waals surface area (Å²) in [5, 5.41) is 11.8. The van der Waals surface area contributed by atoms with Crippen molar-refractivity contribution in [1.29, 1.82) is 5.26 Å². The Kier molecular flexibility index (Phi) is 5.95. The van der Waals surface area contributed by atoms with Crippen LogP contribution in [-0.4, -0.2) is 26.2 Å². The zero-order valence-electron chi connectivity index (χ0n) is 12.4. The van der Waals surface area contributed by atoms with Crippen LogP contribution < -0.4 is 5.32 Å². The molecule has 1 rings (SSSR count). The molecular formula is C16H20N2O2. The molecule has 1 aromatic carbocycles. The molecule has 0 fully saturated rings. The number of methoxy groups -OCH3 is 1. The van der Waals surface area contributed by atoms with Gasteiger partial charge in [0.1, 0.15) is 11.6 Å². The number of hydrogen-bond donors (Lipinski definition) is 1. The van der Waals surface area contributed by atoms with Gasteiger partial charge in [0.15, 0.2) is 0 Å². The molecule has 0 aliphatic carbocycles. The molecule has 1 N–H and O–H groups in total. The second-order valence-electron chi connectivity index (χ2n) is 4.71. The van der Waals surface area contributed by atoms with E-state index in [0.717, 1.165) is 16.7 Å². The molecule has 4 heteroatoms. The second kappa shape index (κ2) is 7.46. The van der Waals surface area contributed by atoms with Gasteiger partial charge in [0, 0.05) is 13.7 Å². The number of amides is 1. The first kappa shape index (κ1) is 15.9. The molecule has 0 atom stereocenters. The number of benzene rings is 1. The van der Waals surface area contributed by atoms with Gasteiger partial charge in [-0.25, -0.2) is 0 Å². The number of rotatable bonds is 5. The number of aryl methyl sites for hydroxylation is 3. The number of nitriles is 1. The summed E-state index contributed by atoms with van der Waals surface area (Å²) in [5.41, 5.74) is 4.38. The first-order valence-corrected chi connectivity index (χ1v) is 6.46. The zero-order valence-corrected chi connectivity index (χ0v) is 12.4. The van der Waals surface area contributed by atoms with Crippen LogP contribution in [0.2, 0.25) is 0 Å². The van der Waals surface area contributed by atoms with E-state index in [0.29, 0.717) is 13.2 Å². The van der Waals surface area contributed by atoms with Crippen molar-refractivity contribution in [1.82, 2.24) is 5.32 Å². The molecule has 0 saturated heterocycles. The molecule has 0 heterocycles. The van der Waals surface area contributed by atoms with Gasteiger partial charge in [-0.1, -0.05) is 12.1 Å². The van der Waals surface area contributed by atoms with Crippen LogP contribution in [0.25, 0.3) is 6.08 Å². The summed E-state index contributed by atoms with van der Waals surface area (Å²) in [6.45, 7) is 6.83. The topological polar surface area (TPSA) is 62.1 Å². The van der Waals surface area contributed by atoms with Gasteiger partial charge in [0.2, 0.25) is 0 Å². The van der Waals surface area contributed by atoms with Crippen molar-refractivity contribution in [3.63, 3.8) is 0 Å². The minimum absolute atomic E-state index is 0.104. The lowest BCUT2D eigenvalue weighted by atomic mass is 9.99. The van der Waals surface area contributed by atoms with Crippen LogP contribution in [0.3, 0.4) is 0 Å². The lowest BCUT2D eigenvalue weighted by Gasteiger charge is -2.07. The first-order valence-electron chi connectivity index (χ1n) is 6.46. The van der Waals surface area contributed by atoms with Crippen molar-refractivity contribution in [2.45, 2.75) is 20.8 Å². The average Bonchev–Trinajstić information content (AvgIpc) is 2.41. The molecule has 1 aromatic rings. The van der Waals surface area contributed by atoms with Gasteiger partial charge in [-0.05, 0) is 49.1 Å². The summed E-state index contributed by atoms with van der Waals surface area (Å²) in [4.78, 5) is 11.9. The lowest BCUT2D eigenvalue weighted by molar-refractivity contribution is -0.117. The molecule has 0 saturated carbocycles. The molecule has 4 nitrogen and oxygen atoms in total. The van der Waals surface area contributed by atoms with Crippen LogP contribution in [-0.2, 0) is 9.53 Å². The summed E-state index contributed by atoms with van der Waals surface area (Å²) in [7, 11) is 1.56. The van der Waals surface area contributed by atoms with E-state index in [1.165, 1.54) is 5.56 Å². The predicted molar refractivity (Wildman–Crippen MR) is 79.1 cm³/mol. The van der Waals surface area contributed by atoms with Crippen LogP contribution in [0.1, 0.15) is 22.3 Å². The van der Waals surface area contributed by atoms with Crippen LogP contribution in [0.15, 0.2) is 17.7 Å². The van der Waals surface area contributed by atoms with Crippen molar-refractivity contribution in [3.8, 4) is 6.07 Å². The molecule has 0 spiro atoms. The standard InChI is InChI=1S/C16H20N2O2/c1-11-7-13(3)14(8-12(11)2)9-15(10-17)16(19)18-5-6-20-4/h7-9H,5-6H2,1-4H3,(H,18,19)/b15-9+. The Labute approximate surface area is 120 Å². The number of ether oxygens (including phenoxy) is 1. The highest BCUT2D eigenvalue weighted by molar-refractivity contribution is 6.01. The van der Waals surface area contributed by atoms with E-state index in [1.54, 1.807) is 13.2 Å². The van der Waals surface area contributed by atoms with Crippen molar-refractivity contribution in [2.24, 2.45) is 0 Å². The van der Waals surface area contributed by atoms with E-state index in [-0.39, 0.29) is 11.5 Å². The molecule has 106 valence electrons. The van der Waals surface area contributed by atoms with Gasteiger partial charge in [0.25, 0.3) is 5.91 Å². The fourth-order valence-corrected chi connectivity index (χ4v) is 1.80. The summed E-state index contributed by atoms with van der Waals surface area (Å²) in [6, 6.07) is 5.99. The minimum atomic E-state index is -0.373. The van der Waals surface area contributed by atoms with Gasteiger partial charge < -0.3 is 10.1 Å². The average molecular weight is 272 g/mol. The molecule has 0 radical (unpaired) electrons. The van der Waals surface area contributed by atoms with Crippen LogP contribution in [0.5, 0.6) is 0 Å². The predicted octanol–water partition coefficient (Wildman–Crippen LogP) is 2.28. The van der Waals surface area contributed by atoms with E-state index in [1.807, 2.05) is 32.9 Å². The minimum Gasteiger partial charge on any atom is -0.383 e. The van der Waals surface area contributed by atoms with Gasteiger partial charge in [-0.2, -0.15) is 5.26 Å². The number of nitrogens with one attached hydrogen (secondary N) is 1. The molecular weight excluding hydrogens is 252 g/mol. The quantitative estimate of drug-likeness (QED) is 0.508. The van der Waals surface area contributed by atoms with Gasteiger partial charge in [-0.3, -0.25) is 4.79 Å². The Balaban J connectivity index is 2.98. The Morgan fingerprint density at radius 2 is 1.95 bits per heavy atom. The number of carbonyl (C=O) groups is 1. The molecule has 0 bridgehead atoms. The largest absolute Gasteiger partial charge is 0.383 e. The first-order chi connectivity index (χ1) is 9.49. The third-order valence-corrected chi connectivity index (χ3v) is 3.14. The molecule has 1 amide bonds. The van der Waals surface area contributed by atoms with E-state index < -0.39 is 0 Å². The molecule has 0 aliphatic heterocycles. The number of nitrogens with zero attached hydrogens (tertiary/aromatic N) is 1. The van der Waals surface area contributed by atoms with Crippen LogP contribution in [0, 0.1) is 32.1 Å². The highest BCUT2D eigenvalue weighted by atomic mass is 16.5. The van der Waals surface area contributed by atoms with Gasteiger partial charge in [-0.15, -0.1) is 0 Å². The summed E-state index contributed by atoms with van der Waals surface area (Å²) in [5.74, 6) is -0.373. The number of carbonyl (C=O) groups excluding carboxylic acids is 1. The third kappa shape index (κ3) is 4.22. The maximum atomic E-state index is 11.9. The smallest absolute Gasteiger partial charge is 0.262 e. The van der Waals surface area contributed by atoms with Crippen molar-refractivity contribution >= 4 is 12.0 Å². The molecule has 20 heavy (non-hydrogen) atoms. The molecule has 0 unspecified atom stereocenters. The summed E-state index contributed by atoms with van der Waals surface area (Å²) in [6.07, 6.45) is 1.63. The fraction of sp³-hybridized carbons (Fsp3) is 0.375. The zero-order chi connectivity index (χ0) is 15.1. The maximum absolute atomic E-state index is 11.9.